The Balaban J connectivity index is 1.96. The molecule has 0 spiro atoms. The van der Waals surface area contributed by atoms with Gasteiger partial charge < -0.3 is 8.92 Å². The lowest BCUT2D eigenvalue weighted by molar-refractivity contribution is 0.327. The molecular formula is C24H24INO4S. The number of halogens is 1. The highest BCUT2D eigenvalue weighted by Crippen LogP contribution is 2.36. The minimum atomic E-state index is -3.99. The second-order valence-corrected chi connectivity index (χ2v) is 9.80. The van der Waals surface area contributed by atoms with Crippen molar-refractivity contribution in [1.29, 1.82) is 0 Å². The lowest BCUT2D eigenvalue weighted by Gasteiger charge is -2.14. The maximum Gasteiger partial charge on any atom is 0.339 e. The molecule has 0 heterocycles. The summed E-state index contributed by atoms with van der Waals surface area (Å²) in [6.07, 6.45) is 1.74. The molecule has 0 aromatic heterocycles. The minimum absolute atomic E-state index is 0.0944. The van der Waals surface area contributed by atoms with Crippen molar-refractivity contribution in [3.05, 3.63) is 80.4 Å². The summed E-state index contributed by atoms with van der Waals surface area (Å²) in [4.78, 5) is 4.69. The number of ether oxygens (including phenoxy) is 1. The summed E-state index contributed by atoms with van der Waals surface area (Å²) in [5, 5.41) is 0. The molecule has 0 bridgehead atoms. The SMILES string of the molecule is CCOc1cc(C=Nc2cccc(C)c2C)cc(I)c1OS(=O)(=O)c1ccc(C)cc1. The van der Waals surface area contributed by atoms with Crippen LogP contribution in [-0.2, 0) is 10.1 Å². The van der Waals surface area contributed by atoms with Gasteiger partial charge in [0.25, 0.3) is 0 Å². The zero-order valence-corrected chi connectivity index (χ0v) is 20.8. The highest BCUT2D eigenvalue weighted by molar-refractivity contribution is 14.1. The van der Waals surface area contributed by atoms with Gasteiger partial charge in [-0.15, -0.1) is 0 Å². The van der Waals surface area contributed by atoms with Crippen molar-refractivity contribution in [3.8, 4) is 11.5 Å². The molecule has 0 saturated carbocycles. The van der Waals surface area contributed by atoms with Crippen LogP contribution in [0.5, 0.6) is 11.5 Å². The Morgan fingerprint density at radius 1 is 1.03 bits per heavy atom. The first-order valence-electron chi connectivity index (χ1n) is 9.79. The fourth-order valence-electron chi connectivity index (χ4n) is 2.89. The third-order valence-corrected chi connectivity index (χ3v) is 6.80. The zero-order valence-electron chi connectivity index (χ0n) is 17.8. The topological polar surface area (TPSA) is 65.0 Å². The van der Waals surface area contributed by atoms with Gasteiger partial charge in [0.1, 0.15) is 4.90 Å². The quantitative estimate of drug-likeness (QED) is 0.202. The molecule has 0 radical (unpaired) electrons. The van der Waals surface area contributed by atoms with Crippen molar-refractivity contribution < 1.29 is 17.3 Å². The molecule has 7 heteroatoms. The Bertz CT molecular complexity index is 1220. The van der Waals surface area contributed by atoms with Crippen LogP contribution in [0.1, 0.15) is 29.2 Å². The average molecular weight is 549 g/mol. The third-order valence-electron chi connectivity index (χ3n) is 4.76. The van der Waals surface area contributed by atoms with E-state index in [0.717, 1.165) is 22.4 Å². The fraction of sp³-hybridized carbons (Fsp3) is 0.208. The second-order valence-electron chi connectivity index (χ2n) is 7.09. The summed E-state index contributed by atoms with van der Waals surface area (Å²) in [5.41, 5.74) is 4.92. The monoisotopic (exact) mass is 549 g/mol. The van der Waals surface area contributed by atoms with Crippen molar-refractivity contribution in [2.24, 2.45) is 4.99 Å². The third kappa shape index (κ3) is 5.65. The van der Waals surface area contributed by atoms with Gasteiger partial charge in [-0.05, 0) is 97.3 Å². The minimum Gasteiger partial charge on any atom is -0.490 e. The van der Waals surface area contributed by atoms with E-state index in [-0.39, 0.29) is 10.6 Å². The van der Waals surface area contributed by atoms with Gasteiger partial charge in [0.05, 0.1) is 15.9 Å². The van der Waals surface area contributed by atoms with Crippen LogP contribution in [0.4, 0.5) is 5.69 Å². The fourth-order valence-corrected chi connectivity index (χ4v) is 4.73. The zero-order chi connectivity index (χ0) is 22.6. The Hall–Kier alpha value is -2.39. The van der Waals surface area contributed by atoms with Gasteiger partial charge in [0.2, 0.25) is 0 Å². The highest BCUT2D eigenvalue weighted by atomic mass is 127. The summed E-state index contributed by atoms with van der Waals surface area (Å²) >= 11 is 2.05. The Labute approximate surface area is 197 Å². The molecule has 0 unspecified atom stereocenters. The van der Waals surface area contributed by atoms with Gasteiger partial charge in [0, 0.05) is 6.21 Å². The maximum atomic E-state index is 12.8. The van der Waals surface area contributed by atoms with Crippen LogP contribution in [0.15, 0.2) is 64.5 Å². The molecule has 5 nitrogen and oxygen atoms in total. The van der Waals surface area contributed by atoms with Crippen LogP contribution in [0.2, 0.25) is 0 Å². The molecule has 0 N–H and O–H groups in total. The molecule has 3 rings (SSSR count). The van der Waals surface area contributed by atoms with E-state index >= 15 is 0 Å². The molecule has 0 amide bonds. The van der Waals surface area contributed by atoms with Crippen molar-refractivity contribution in [1.82, 2.24) is 0 Å². The number of hydrogen-bond acceptors (Lipinski definition) is 5. The van der Waals surface area contributed by atoms with Crippen molar-refractivity contribution in [2.75, 3.05) is 6.61 Å². The predicted octanol–water partition coefficient (Wildman–Crippen LogP) is 6.13. The van der Waals surface area contributed by atoms with E-state index < -0.39 is 10.1 Å². The van der Waals surface area contributed by atoms with Gasteiger partial charge in [-0.2, -0.15) is 8.42 Å². The van der Waals surface area contributed by atoms with Gasteiger partial charge in [-0.25, -0.2) is 0 Å². The lowest BCUT2D eigenvalue weighted by Crippen LogP contribution is -2.12. The molecule has 0 aliphatic rings. The summed E-state index contributed by atoms with van der Waals surface area (Å²) in [5.74, 6) is 0.527. The first-order chi connectivity index (χ1) is 14.7. The molecule has 0 atom stereocenters. The van der Waals surface area contributed by atoms with E-state index in [1.807, 2.05) is 52.0 Å². The number of aliphatic imine (C=N–C) groups is 1. The van der Waals surface area contributed by atoms with Crippen molar-refractivity contribution >= 4 is 44.6 Å². The molecule has 31 heavy (non-hydrogen) atoms. The van der Waals surface area contributed by atoms with Crippen molar-refractivity contribution in [2.45, 2.75) is 32.6 Å². The number of rotatable bonds is 7. The maximum absolute atomic E-state index is 12.8. The largest absolute Gasteiger partial charge is 0.490 e. The van der Waals surface area contributed by atoms with Crippen LogP contribution < -0.4 is 8.92 Å². The molecule has 162 valence electrons. The summed E-state index contributed by atoms with van der Waals surface area (Å²) < 4.78 is 37.4. The molecule has 0 fully saturated rings. The first-order valence-corrected chi connectivity index (χ1v) is 12.3. The molecule has 3 aromatic carbocycles. The predicted molar refractivity (Wildman–Crippen MR) is 132 cm³/mol. The van der Waals surface area contributed by atoms with Crippen LogP contribution in [-0.4, -0.2) is 21.2 Å². The van der Waals surface area contributed by atoms with Gasteiger partial charge >= 0.3 is 10.1 Å². The number of aryl methyl sites for hydroxylation is 2. The molecular weight excluding hydrogens is 525 g/mol. The second kappa shape index (κ2) is 9.82. The van der Waals surface area contributed by atoms with E-state index in [2.05, 4.69) is 27.6 Å². The number of nitrogens with zero attached hydrogens (tertiary/aromatic N) is 1. The van der Waals surface area contributed by atoms with Gasteiger partial charge in [-0.3, -0.25) is 4.99 Å². The van der Waals surface area contributed by atoms with E-state index in [0.29, 0.717) is 15.9 Å². The lowest BCUT2D eigenvalue weighted by atomic mass is 10.1. The number of hydrogen-bond donors (Lipinski definition) is 0. The molecule has 0 aliphatic carbocycles. The Morgan fingerprint density at radius 3 is 2.42 bits per heavy atom. The normalized spacial score (nSPS) is 11.6. The average Bonchev–Trinajstić information content (AvgIpc) is 2.72. The van der Waals surface area contributed by atoms with Crippen LogP contribution in [0, 0.1) is 24.3 Å². The highest BCUT2D eigenvalue weighted by Gasteiger charge is 2.22. The molecule has 0 aliphatic heterocycles. The van der Waals surface area contributed by atoms with E-state index in [1.165, 1.54) is 17.7 Å². The van der Waals surface area contributed by atoms with Crippen LogP contribution in [0.3, 0.4) is 0 Å². The van der Waals surface area contributed by atoms with Crippen molar-refractivity contribution in [3.63, 3.8) is 0 Å². The Morgan fingerprint density at radius 2 is 1.74 bits per heavy atom. The van der Waals surface area contributed by atoms with Gasteiger partial charge in [0.15, 0.2) is 11.5 Å². The molecule has 0 saturated heterocycles. The van der Waals surface area contributed by atoms with E-state index in [4.69, 9.17) is 8.92 Å². The summed E-state index contributed by atoms with van der Waals surface area (Å²) in [6, 6.07) is 16.1. The first kappa shape index (κ1) is 23.3. The van der Waals surface area contributed by atoms with Crippen LogP contribution in [0.25, 0.3) is 0 Å². The van der Waals surface area contributed by atoms with E-state index in [9.17, 15) is 8.42 Å². The summed E-state index contributed by atoms with van der Waals surface area (Å²) in [6.45, 7) is 8.18. The smallest absolute Gasteiger partial charge is 0.339 e. The molecule has 3 aromatic rings. The Kier molecular flexibility index (Phi) is 7.38. The van der Waals surface area contributed by atoms with E-state index in [1.54, 1.807) is 24.4 Å². The van der Waals surface area contributed by atoms with Crippen LogP contribution >= 0.6 is 22.6 Å². The van der Waals surface area contributed by atoms with Gasteiger partial charge in [-0.1, -0.05) is 29.8 Å². The standard InChI is InChI=1S/C24H24INO4S/c1-5-29-23-14-19(15-26-22-8-6-7-17(3)18(22)4)13-21(25)24(23)30-31(27,28)20-11-9-16(2)10-12-20/h6-15H,5H2,1-4H3. The summed E-state index contributed by atoms with van der Waals surface area (Å²) in [7, 11) is -3.99. The number of benzene rings is 3.